The summed E-state index contributed by atoms with van der Waals surface area (Å²) >= 11 is 13.5. The summed E-state index contributed by atoms with van der Waals surface area (Å²) in [6, 6.07) is 13.6. The first-order valence-corrected chi connectivity index (χ1v) is 19.1. The van der Waals surface area contributed by atoms with Crippen molar-refractivity contribution in [2.75, 3.05) is 25.0 Å². The molecule has 280 valence electrons. The van der Waals surface area contributed by atoms with E-state index in [1.54, 1.807) is 0 Å². The second kappa shape index (κ2) is 16.3. The molecule has 0 saturated heterocycles. The third kappa shape index (κ3) is 8.06. The molecule has 0 saturated carbocycles. The highest BCUT2D eigenvalue weighted by Gasteiger charge is 2.32. The number of nitrogens with one attached hydrogen (secondary N) is 1. The van der Waals surface area contributed by atoms with Gasteiger partial charge in [-0.1, -0.05) is 43.1 Å². The van der Waals surface area contributed by atoms with Gasteiger partial charge in [-0.15, -0.1) is 0 Å². The monoisotopic (exact) mass is 757 g/mol. The van der Waals surface area contributed by atoms with E-state index in [2.05, 4.69) is 36.7 Å². The van der Waals surface area contributed by atoms with E-state index in [-0.39, 0.29) is 5.91 Å². The average Bonchev–Trinajstić information content (AvgIpc) is 3.48. The molecule has 0 bridgehead atoms. The molecule has 1 amide bonds. The standard InChI is InChI=1S/C42H49Cl2N5O4/c1-25(2)13-14-45-31-20-30(21-33(22-31)53-24-50)23-48-15-9-16-49-40-35(11-12-36(43)38(40)37-28(5)46-47(7)29(37)6)34(41(49)42(48)51)10-8-17-52-32-18-26(3)39(44)27(4)19-32/h11-12,18-22,24-25,45H,8-10,13-17,23H2,1-7H3. The van der Waals surface area contributed by atoms with Crippen LogP contribution in [0.4, 0.5) is 5.69 Å². The number of hydrogen-bond acceptors (Lipinski definition) is 6. The summed E-state index contributed by atoms with van der Waals surface area (Å²) in [6.07, 6.45) is 3.07. The number of benzene rings is 3. The zero-order chi connectivity index (χ0) is 38.0. The molecule has 11 heteroatoms. The van der Waals surface area contributed by atoms with Crippen molar-refractivity contribution in [3.05, 3.63) is 91.8 Å². The molecule has 3 aromatic carbocycles. The minimum atomic E-state index is -0.0451. The second-order valence-electron chi connectivity index (χ2n) is 14.6. The van der Waals surface area contributed by atoms with Crippen molar-refractivity contribution in [1.29, 1.82) is 0 Å². The van der Waals surface area contributed by atoms with Crippen LogP contribution in [0.2, 0.25) is 10.0 Å². The van der Waals surface area contributed by atoms with E-state index >= 15 is 0 Å². The van der Waals surface area contributed by atoms with Crippen molar-refractivity contribution in [3.63, 3.8) is 0 Å². The van der Waals surface area contributed by atoms with Crippen molar-refractivity contribution < 1.29 is 19.1 Å². The van der Waals surface area contributed by atoms with Crippen LogP contribution in [0.3, 0.4) is 0 Å². The molecule has 2 aromatic heterocycles. The van der Waals surface area contributed by atoms with Crippen LogP contribution >= 0.6 is 23.2 Å². The summed E-state index contributed by atoms with van der Waals surface area (Å²) in [5.41, 5.74) is 10.1. The molecule has 1 aliphatic heterocycles. The SMILES string of the molecule is Cc1cc(OCCCc2c3n(c4c(-c5c(C)nn(C)c5C)c(Cl)ccc24)CCCN(Cc2cc(NCCC(C)C)cc(OC=O)c2)C3=O)cc(C)c1Cl. The summed E-state index contributed by atoms with van der Waals surface area (Å²) < 4.78 is 15.6. The second-order valence-corrected chi connectivity index (χ2v) is 15.3. The van der Waals surface area contributed by atoms with Crippen molar-refractivity contribution in [3.8, 4) is 22.6 Å². The van der Waals surface area contributed by atoms with Gasteiger partial charge in [-0.25, -0.2) is 0 Å². The van der Waals surface area contributed by atoms with Crippen LogP contribution in [0, 0.1) is 33.6 Å². The third-order valence-corrected chi connectivity index (χ3v) is 11.1. The lowest BCUT2D eigenvalue weighted by Gasteiger charge is -2.22. The molecule has 0 unspecified atom stereocenters. The normalized spacial score (nSPS) is 13.1. The predicted molar refractivity (Wildman–Crippen MR) is 214 cm³/mol. The van der Waals surface area contributed by atoms with Gasteiger partial charge in [0.15, 0.2) is 0 Å². The minimum absolute atomic E-state index is 0.0451. The minimum Gasteiger partial charge on any atom is -0.494 e. The van der Waals surface area contributed by atoms with Gasteiger partial charge >= 0.3 is 0 Å². The Hall–Kier alpha value is -4.47. The predicted octanol–water partition coefficient (Wildman–Crippen LogP) is 9.63. The van der Waals surface area contributed by atoms with Crippen LogP contribution in [0.25, 0.3) is 22.0 Å². The van der Waals surface area contributed by atoms with Gasteiger partial charge in [0.1, 0.15) is 17.2 Å². The van der Waals surface area contributed by atoms with Crippen molar-refractivity contribution in [2.45, 2.75) is 80.3 Å². The van der Waals surface area contributed by atoms with Crippen LogP contribution in [0.1, 0.15) is 77.2 Å². The number of amides is 1. The summed E-state index contributed by atoms with van der Waals surface area (Å²) in [5.74, 6) is 1.72. The summed E-state index contributed by atoms with van der Waals surface area (Å²) in [5, 5.41) is 10.6. The van der Waals surface area contributed by atoms with E-state index in [1.807, 2.05) is 73.8 Å². The first kappa shape index (κ1) is 38.3. The van der Waals surface area contributed by atoms with Gasteiger partial charge in [0, 0.05) is 72.2 Å². The highest BCUT2D eigenvalue weighted by molar-refractivity contribution is 6.35. The first-order valence-electron chi connectivity index (χ1n) is 18.4. The number of rotatable bonds is 14. The Labute approximate surface area is 322 Å². The molecular formula is C42H49Cl2N5O4. The molecule has 53 heavy (non-hydrogen) atoms. The fourth-order valence-electron chi connectivity index (χ4n) is 7.54. The number of ether oxygens (including phenoxy) is 2. The number of carbonyl (C=O) groups excluding carboxylic acids is 2. The molecule has 0 aliphatic carbocycles. The van der Waals surface area contributed by atoms with Crippen molar-refractivity contribution in [2.24, 2.45) is 13.0 Å². The Balaban J connectivity index is 1.40. The average molecular weight is 759 g/mol. The number of aromatic nitrogens is 3. The van der Waals surface area contributed by atoms with E-state index in [4.69, 9.17) is 37.8 Å². The van der Waals surface area contributed by atoms with Crippen LogP contribution in [0.5, 0.6) is 11.5 Å². The summed E-state index contributed by atoms with van der Waals surface area (Å²) in [7, 11) is 1.94. The Kier molecular flexibility index (Phi) is 11.7. The summed E-state index contributed by atoms with van der Waals surface area (Å²) in [4.78, 5) is 28.2. The Morgan fingerprint density at radius 2 is 1.74 bits per heavy atom. The molecule has 0 fully saturated rings. The smallest absolute Gasteiger partial charge is 0.298 e. The Bertz CT molecular complexity index is 2150. The number of halogens is 2. The van der Waals surface area contributed by atoms with Gasteiger partial charge in [-0.2, -0.15) is 5.10 Å². The maximum Gasteiger partial charge on any atom is 0.298 e. The quantitative estimate of drug-likeness (QED) is 0.0897. The zero-order valence-corrected chi connectivity index (χ0v) is 33.2. The van der Waals surface area contributed by atoms with Gasteiger partial charge in [0.2, 0.25) is 0 Å². The molecule has 3 heterocycles. The molecule has 0 radical (unpaired) electrons. The third-order valence-electron chi connectivity index (χ3n) is 10.2. The number of aryl methyl sites for hydroxylation is 6. The number of hydrogen-bond donors (Lipinski definition) is 1. The first-order chi connectivity index (χ1) is 25.4. The van der Waals surface area contributed by atoms with Crippen LogP contribution in [0.15, 0.2) is 42.5 Å². The van der Waals surface area contributed by atoms with Gasteiger partial charge in [-0.3, -0.25) is 14.3 Å². The van der Waals surface area contributed by atoms with Gasteiger partial charge in [0.25, 0.3) is 12.4 Å². The molecule has 9 nitrogen and oxygen atoms in total. The summed E-state index contributed by atoms with van der Waals surface area (Å²) in [6.45, 7) is 15.7. The lowest BCUT2D eigenvalue weighted by molar-refractivity contribution is -0.120. The topological polar surface area (TPSA) is 90.6 Å². The molecular weight excluding hydrogens is 709 g/mol. The van der Waals surface area contributed by atoms with E-state index in [9.17, 15) is 9.59 Å². The number of fused-ring (bicyclic) bond motifs is 3. The van der Waals surface area contributed by atoms with E-state index in [0.717, 1.165) is 91.5 Å². The number of anilines is 1. The van der Waals surface area contributed by atoms with Gasteiger partial charge < -0.3 is 24.3 Å². The van der Waals surface area contributed by atoms with E-state index in [0.29, 0.717) is 67.9 Å². The van der Waals surface area contributed by atoms with Crippen molar-refractivity contribution >= 4 is 52.2 Å². The van der Waals surface area contributed by atoms with Crippen LogP contribution < -0.4 is 14.8 Å². The number of nitrogens with zero attached hydrogens (tertiary/aromatic N) is 4. The highest BCUT2D eigenvalue weighted by Crippen LogP contribution is 2.43. The molecule has 1 N–H and O–H groups in total. The molecule has 0 spiro atoms. The van der Waals surface area contributed by atoms with Gasteiger partial charge in [-0.05, 0) is 112 Å². The lowest BCUT2D eigenvalue weighted by atomic mass is 9.98. The van der Waals surface area contributed by atoms with Crippen LogP contribution in [-0.4, -0.2) is 51.3 Å². The van der Waals surface area contributed by atoms with E-state index < -0.39 is 0 Å². The number of carbonyl (C=O) groups is 2. The molecule has 6 rings (SSSR count). The molecule has 0 atom stereocenters. The van der Waals surface area contributed by atoms with Crippen LogP contribution in [-0.2, 0) is 31.4 Å². The lowest BCUT2D eigenvalue weighted by Crippen LogP contribution is -2.31. The highest BCUT2D eigenvalue weighted by atomic mass is 35.5. The molecule has 5 aromatic rings. The van der Waals surface area contributed by atoms with E-state index in [1.165, 1.54) is 0 Å². The fourth-order valence-corrected chi connectivity index (χ4v) is 7.90. The largest absolute Gasteiger partial charge is 0.494 e. The van der Waals surface area contributed by atoms with Crippen molar-refractivity contribution in [1.82, 2.24) is 19.2 Å². The zero-order valence-electron chi connectivity index (χ0n) is 31.7. The van der Waals surface area contributed by atoms with Gasteiger partial charge in [0.05, 0.1) is 22.8 Å². The fraction of sp³-hybridized carbons (Fsp3) is 0.405. The Morgan fingerprint density at radius 3 is 2.42 bits per heavy atom. The maximum absolute atomic E-state index is 14.9. The molecule has 1 aliphatic rings. The maximum atomic E-state index is 14.9. The Morgan fingerprint density at radius 1 is 0.981 bits per heavy atom.